The first-order chi connectivity index (χ1) is 12.8. The number of carbonyl (C=O) groups is 2. The molecule has 0 heterocycles. The standard InChI is InChI=1S/C17H14Cl2FN3O3S/c1-9(26-14-7-4-11(18)8-13(14)19)15(24)22-23-17(27)21-16(25)10-2-5-12(20)6-3-10/h2-9H,1H3,(H,22,24)(H2,21,23,25,27). The van der Waals surface area contributed by atoms with E-state index in [4.69, 9.17) is 40.2 Å². The highest BCUT2D eigenvalue weighted by atomic mass is 35.5. The van der Waals surface area contributed by atoms with Gasteiger partial charge in [-0.05, 0) is 61.6 Å². The third-order valence-corrected chi connectivity index (χ3v) is 3.93. The predicted octanol–water partition coefficient (Wildman–Crippen LogP) is 3.24. The van der Waals surface area contributed by atoms with Gasteiger partial charge in [-0.25, -0.2) is 4.39 Å². The second-order valence-corrected chi connectivity index (χ2v) is 6.49. The summed E-state index contributed by atoms with van der Waals surface area (Å²) in [6.07, 6.45) is -0.910. The van der Waals surface area contributed by atoms with E-state index in [1.807, 2.05) is 0 Å². The molecule has 0 radical (unpaired) electrons. The Morgan fingerprint density at radius 3 is 2.41 bits per heavy atom. The average molecular weight is 430 g/mol. The number of rotatable bonds is 4. The summed E-state index contributed by atoms with van der Waals surface area (Å²) in [4.78, 5) is 24.0. The first kappa shape index (κ1) is 20.9. The molecule has 0 saturated heterocycles. The van der Waals surface area contributed by atoms with E-state index in [0.29, 0.717) is 5.02 Å². The Balaban J connectivity index is 1.82. The number of amides is 2. The number of ether oxygens (including phenoxy) is 1. The molecule has 0 aliphatic rings. The largest absolute Gasteiger partial charge is 0.479 e. The first-order valence-electron chi connectivity index (χ1n) is 7.54. The van der Waals surface area contributed by atoms with Gasteiger partial charge in [0.05, 0.1) is 5.02 Å². The molecule has 1 unspecified atom stereocenters. The van der Waals surface area contributed by atoms with E-state index in [0.717, 1.165) is 12.1 Å². The third kappa shape index (κ3) is 6.35. The van der Waals surface area contributed by atoms with Gasteiger partial charge in [0, 0.05) is 10.6 Å². The minimum atomic E-state index is -0.910. The van der Waals surface area contributed by atoms with Gasteiger partial charge in [-0.3, -0.25) is 25.8 Å². The fraction of sp³-hybridized carbons (Fsp3) is 0.118. The Kier molecular flexibility index (Phi) is 7.35. The highest BCUT2D eigenvalue weighted by Gasteiger charge is 2.17. The van der Waals surface area contributed by atoms with Gasteiger partial charge in [0.25, 0.3) is 11.8 Å². The Morgan fingerprint density at radius 1 is 1.11 bits per heavy atom. The number of thiocarbonyl (C=S) groups is 1. The lowest BCUT2D eigenvalue weighted by molar-refractivity contribution is -0.127. The minimum absolute atomic E-state index is 0.144. The summed E-state index contributed by atoms with van der Waals surface area (Å²) < 4.78 is 18.3. The van der Waals surface area contributed by atoms with Crippen molar-refractivity contribution in [2.45, 2.75) is 13.0 Å². The average Bonchev–Trinajstić information content (AvgIpc) is 2.62. The van der Waals surface area contributed by atoms with Gasteiger partial charge in [0.2, 0.25) is 0 Å². The Hall–Kier alpha value is -2.42. The number of halogens is 3. The van der Waals surface area contributed by atoms with Gasteiger partial charge >= 0.3 is 0 Å². The molecule has 3 N–H and O–H groups in total. The summed E-state index contributed by atoms with van der Waals surface area (Å²) in [5.41, 5.74) is 4.89. The number of carbonyl (C=O) groups excluding carboxylic acids is 2. The van der Waals surface area contributed by atoms with Crippen LogP contribution in [0.3, 0.4) is 0 Å². The van der Waals surface area contributed by atoms with Crippen LogP contribution >= 0.6 is 35.4 Å². The number of hydrogen-bond acceptors (Lipinski definition) is 4. The van der Waals surface area contributed by atoms with Crippen LogP contribution in [-0.4, -0.2) is 23.0 Å². The van der Waals surface area contributed by atoms with Crippen LogP contribution in [0.1, 0.15) is 17.3 Å². The van der Waals surface area contributed by atoms with Crippen molar-refractivity contribution < 1.29 is 18.7 Å². The molecule has 0 spiro atoms. The molecule has 2 rings (SSSR count). The summed E-state index contributed by atoms with van der Waals surface area (Å²) in [5, 5.41) is 2.90. The van der Waals surface area contributed by atoms with E-state index in [2.05, 4.69) is 16.2 Å². The maximum Gasteiger partial charge on any atom is 0.279 e. The maximum absolute atomic E-state index is 12.9. The summed E-state index contributed by atoms with van der Waals surface area (Å²) in [7, 11) is 0. The number of benzene rings is 2. The molecule has 0 aliphatic heterocycles. The van der Waals surface area contributed by atoms with Gasteiger partial charge in [0.1, 0.15) is 11.6 Å². The van der Waals surface area contributed by atoms with Crippen molar-refractivity contribution >= 4 is 52.3 Å². The van der Waals surface area contributed by atoms with E-state index in [1.165, 1.54) is 31.2 Å². The third-order valence-electron chi connectivity index (χ3n) is 3.20. The molecule has 0 aromatic heterocycles. The van der Waals surface area contributed by atoms with Gasteiger partial charge < -0.3 is 4.74 Å². The molecule has 2 aromatic rings. The van der Waals surface area contributed by atoms with Crippen LogP contribution in [0.4, 0.5) is 4.39 Å². The molecule has 10 heteroatoms. The van der Waals surface area contributed by atoms with Gasteiger partial charge in [-0.2, -0.15) is 0 Å². The van der Waals surface area contributed by atoms with Crippen molar-refractivity contribution in [3.8, 4) is 5.75 Å². The molecule has 27 heavy (non-hydrogen) atoms. The summed E-state index contributed by atoms with van der Waals surface area (Å²) in [6, 6.07) is 9.50. The van der Waals surface area contributed by atoms with Crippen molar-refractivity contribution in [1.29, 1.82) is 0 Å². The second-order valence-electron chi connectivity index (χ2n) is 5.24. The van der Waals surface area contributed by atoms with E-state index in [9.17, 15) is 14.0 Å². The Bertz CT molecular complexity index is 865. The molecular formula is C17H14Cl2FN3O3S. The number of hydrogen-bond donors (Lipinski definition) is 3. The molecular weight excluding hydrogens is 416 g/mol. The highest BCUT2D eigenvalue weighted by Crippen LogP contribution is 2.28. The molecule has 6 nitrogen and oxygen atoms in total. The lowest BCUT2D eigenvalue weighted by Crippen LogP contribution is -2.51. The highest BCUT2D eigenvalue weighted by molar-refractivity contribution is 7.80. The number of nitrogens with one attached hydrogen (secondary N) is 3. The second kappa shape index (κ2) is 9.50. The topological polar surface area (TPSA) is 79.5 Å². The first-order valence-corrected chi connectivity index (χ1v) is 8.71. The molecule has 0 aliphatic carbocycles. The lowest BCUT2D eigenvalue weighted by atomic mass is 10.2. The molecule has 0 bridgehead atoms. The van der Waals surface area contributed by atoms with E-state index < -0.39 is 23.7 Å². The molecule has 1 atom stereocenters. The van der Waals surface area contributed by atoms with Crippen LogP contribution in [0.2, 0.25) is 10.0 Å². The van der Waals surface area contributed by atoms with E-state index >= 15 is 0 Å². The quantitative estimate of drug-likeness (QED) is 0.513. The predicted molar refractivity (Wildman–Crippen MR) is 104 cm³/mol. The van der Waals surface area contributed by atoms with Crippen molar-refractivity contribution in [3.63, 3.8) is 0 Å². The maximum atomic E-state index is 12.9. The lowest BCUT2D eigenvalue weighted by Gasteiger charge is -2.17. The normalized spacial score (nSPS) is 11.3. The van der Waals surface area contributed by atoms with Crippen LogP contribution in [0.5, 0.6) is 5.75 Å². The summed E-state index contributed by atoms with van der Waals surface area (Å²) >= 11 is 16.7. The molecule has 142 valence electrons. The van der Waals surface area contributed by atoms with Crippen LogP contribution in [-0.2, 0) is 4.79 Å². The molecule has 0 fully saturated rings. The molecule has 2 aromatic carbocycles. The fourth-order valence-electron chi connectivity index (χ4n) is 1.84. The smallest absolute Gasteiger partial charge is 0.279 e. The Labute approximate surface area is 170 Å². The monoisotopic (exact) mass is 429 g/mol. The SMILES string of the molecule is CC(Oc1ccc(Cl)cc1Cl)C(=O)NNC(=S)NC(=O)c1ccc(F)cc1. The minimum Gasteiger partial charge on any atom is -0.479 e. The zero-order chi connectivity index (χ0) is 20.0. The van der Waals surface area contributed by atoms with Crippen LogP contribution in [0.25, 0.3) is 0 Å². The van der Waals surface area contributed by atoms with Crippen molar-refractivity contribution in [1.82, 2.24) is 16.2 Å². The van der Waals surface area contributed by atoms with Gasteiger partial charge in [-0.1, -0.05) is 23.2 Å². The number of hydrazine groups is 1. The van der Waals surface area contributed by atoms with E-state index in [1.54, 1.807) is 6.07 Å². The van der Waals surface area contributed by atoms with Gasteiger partial charge in [-0.15, -0.1) is 0 Å². The van der Waals surface area contributed by atoms with Crippen LogP contribution < -0.4 is 20.9 Å². The molecule has 0 saturated carbocycles. The fourth-order valence-corrected chi connectivity index (χ4v) is 2.44. The van der Waals surface area contributed by atoms with Crippen molar-refractivity contribution in [2.75, 3.05) is 0 Å². The van der Waals surface area contributed by atoms with E-state index in [-0.39, 0.29) is 21.4 Å². The van der Waals surface area contributed by atoms with Gasteiger partial charge in [0.15, 0.2) is 11.2 Å². The van der Waals surface area contributed by atoms with Crippen LogP contribution in [0.15, 0.2) is 42.5 Å². The van der Waals surface area contributed by atoms with Crippen molar-refractivity contribution in [2.24, 2.45) is 0 Å². The zero-order valence-electron chi connectivity index (χ0n) is 13.9. The van der Waals surface area contributed by atoms with Crippen molar-refractivity contribution in [3.05, 3.63) is 63.9 Å². The Morgan fingerprint density at radius 2 is 1.78 bits per heavy atom. The zero-order valence-corrected chi connectivity index (χ0v) is 16.2. The summed E-state index contributed by atoms with van der Waals surface area (Å²) in [6.45, 7) is 1.50. The molecule has 2 amide bonds. The summed E-state index contributed by atoms with van der Waals surface area (Å²) in [5.74, 6) is -1.29. The van der Waals surface area contributed by atoms with Crippen LogP contribution in [0, 0.1) is 5.82 Å².